The van der Waals surface area contributed by atoms with Crippen LogP contribution in [0.3, 0.4) is 0 Å². The van der Waals surface area contributed by atoms with E-state index in [2.05, 4.69) is 37.2 Å². The van der Waals surface area contributed by atoms with Crippen molar-refractivity contribution in [3.05, 3.63) is 53.7 Å². The number of phenols is 1. The Morgan fingerprint density at radius 1 is 1.00 bits per heavy atom. The van der Waals surface area contributed by atoms with E-state index in [4.69, 9.17) is 20.9 Å². The maximum Gasteiger partial charge on any atom is 0.319 e. The van der Waals surface area contributed by atoms with Gasteiger partial charge < -0.3 is 29.3 Å². The van der Waals surface area contributed by atoms with Gasteiger partial charge >= 0.3 is 6.01 Å². The molecule has 4 saturated heterocycles. The SMILES string of the molecule is C#Cc1c(F)ccc2cc(O)cc(-c3nc(OC)c4c(N5CC6CC(C5)N6C(=C)C)nc(OCC5(CN6CC7CC7C6)CC5)nc4c3F)c12.CC.CC. The van der Waals surface area contributed by atoms with E-state index < -0.39 is 11.6 Å². The Morgan fingerprint density at radius 3 is 2.32 bits per heavy atom. The van der Waals surface area contributed by atoms with E-state index in [1.165, 1.54) is 37.8 Å². The number of pyridine rings is 1. The summed E-state index contributed by atoms with van der Waals surface area (Å²) in [7, 11) is 1.46. The van der Waals surface area contributed by atoms with Gasteiger partial charge in [-0.3, -0.25) is 0 Å². The zero-order valence-corrected chi connectivity index (χ0v) is 31.7. The monoisotopic (exact) mass is 724 g/mol. The maximum absolute atomic E-state index is 17.1. The highest BCUT2D eigenvalue weighted by Crippen LogP contribution is 2.51. The standard InChI is InChI=1S/C38H38F2N6O3.2C2H6/c1-5-27-29(39)7-6-21-11-26(47)13-28(30(21)27)33-32(40)34-31(36(41-33)48-4)35(45-16-24-12-25(17-45)46(24)20(2)3)43-37(42-34)49-19-38(8-9-38)18-44-14-22-10-23(22)15-44;2*1-2/h1,6-7,11,13,22-25,47H,2,8-10,12,14-19H2,3-4H3;2*1-2H3. The highest BCUT2D eigenvalue weighted by molar-refractivity contribution is 6.04. The minimum absolute atomic E-state index is 0.0301. The molecule has 10 rings (SSSR count). The number of aromatic hydroxyl groups is 1. The Morgan fingerprint density at radius 2 is 1.70 bits per heavy atom. The van der Waals surface area contributed by atoms with Crippen LogP contribution in [0.2, 0.25) is 0 Å². The first-order chi connectivity index (χ1) is 25.6. The Hall–Kier alpha value is -4.69. The van der Waals surface area contributed by atoms with Crippen LogP contribution in [0, 0.1) is 41.2 Å². The first kappa shape index (κ1) is 36.7. The number of fused-ring (bicyclic) bond motifs is 5. The summed E-state index contributed by atoms with van der Waals surface area (Å²) in [6.07, 6.45) is 10.3. The molecule has 4 unspecified atom stereocenters. The average molecular weight is 725 g/mol. The first-order valence-corrected chi connectivity index (χ1v) is 19.1. The van der Waals surface area contributed by atoms with Gasteiger partial charge in [-0.05, 0) is 68.0 Å². The normalized spacial score (nSPS) is 23.2. The van der Waals surface area contributed by atoms with Gasteiger partial charge in [-0.1, -0.05) is 46.3 Å². The summed E-state index contributed by atoms with van der Waals surface area (Å²) in [6, 6.07) is 6.11. The predicted octanol–water partition coefficient (Wildman–Crippen LogP) is 7.78. The van der Waals surface area contributed by atoms with Crippen molar-refractivity contribution in [2.24, 2.45) is 17.3 Å². The van der Waals surface area contributed by atoms with Crippen molar-refractivity contribution in [2.45, 2.75) is 72.4 Å². The van der Waals surface area contributed by atoms with Crippen LogP contribution in [0.15, 0.2) is 36.5 Å². The predicted molar refractivity (Wildman–Crippen MR) is 205 cm³/mol. The van der Waals surface area contributed by atoms with Gasteiger partial charge in [0, 0.05) is 66.9 Å². The van der Waals surface area contributed by atoms with Crippen LogP contribution in [0.5, 0.6) is 17.6 Å². The van der Waals surface area contributed by atoms with Crippen LogP contribution >= 0.6 is 0 Å². The zero-order chi connectivity index (χ0) is 37.8. The van der Waals surface area contributed by atoms with E-state index in [9.17, 15) is 9.50 Å². The molecule has 1 N–H and O–H groups in total. The van der Waals surface area contributed by atoms with Crippen LogP contribution in [-0.2, 0) is 0 Å². The second kappa shape index (κ2) is 14.3. The van der Waals surface area contributed by atoms with Crippen LogP contribution in [0.1, 0.15) is 65.9 Å². The molecule has 4 atom stereocenters. The molecule has 280 valence electrons. The number of anilines is 1. The van der Waals surface area contributed by atoms with Crippen LogP contribution in [0.25, 0.3) is 32.9 Å². The molecule has 2 aromatic heterocycles. The Bertz CT molecular complexity index is 2090. The smallest absolute Gasteiger partial charge is 0.319 e. The fraction of sp³-hybridized carbons (Fsp3) is 0.500. The quantitative estimate of drug-likeness (QED) is 0.174. The van der Waals surface area contributed by atoms with E-state index in [-0.39, 0.29) is 62.9 Å². The van der Waals surface area contributed by atoms with E-state index >= 15 is 4.39 Å². The molecule has 0 amide bonds. The van der Waals surface area contributed by atoms with Crippen LogP contribution in [-0.4, -0.2) is 88.4 Å². The minimum Gasteiger partial charge on any atom is -0.508 e. The lowest BCUT2D eigenvalue weighted by atomic mass is 9.86. The summed E-state index contributed by atoms with van der Waals surface area (Å²) in [4.78, 5) is 21.3. The lowest BCUT2D eigenvalue weighted by Gasteiger charge is -2.58. The third-order valence-electron chi connectivity index (χ3n) is 11.4. The molecule has 6 fully saturated rings. The molecular formula is C42H50F2N6O3. The molecule has 11 heteroatoms. The minimum atomic E-state index is -0.772. The number of halogens is 2. The second-order valence-electron chi connectivity index (χ2n) is 14.8. The van der Waals surface area contributed by atoms with Crippen LogP contribution < -0.4 is 14.4 Å². The molecular weight excluding hydrogens is 674 g/mol. The molecule has 0 spiro atoms. The van der Waals surface area contributed by atoms with Gasteiger partial charge in [-0.25, -0.2) is 13.8 Å². The van der Waals surface area contributed by atoms with Gasteiger partial charge in [0.2, 0.25) is 5.88 Å². The third kappa shape index (κ3) is 6.49. The summed E-state index contributed by atoms with van der Waals surface area (Å²) in [6.45, 7) is 19.3. The molecule has 2 bridgehead atoms. The maximum atomic E-state index is 17.1. The topological polar surface area (TPSA) is 87.1 Å². The molecule has 9 nitrogen and oxygen atoms in total. The fourth-order valence-electron chi connectivity index (χ4n) is 8.72. The van der Waals surface area contributed by atoms with Crippen molar-refractivity contribution in [1.82, 2.24) is 24.8 Å². The highest BCUT2D eigenvalue weighted by atomic mass is 19.1. The molecule has 4 aromatic rings. The molecule has 53 heavy (non-hydrogen) atoms. The van der Waals surface area contributed by atoms with Crippen LogP contribution in [0.4, 0.5) is 14.6 Å². The number of piperidine rings is 2. The summed E-state index contributed by atoms with van der Waals surface area (Å²) in [5, 5.41) is 11.7. The number of terminal acetylenes is 1. The number of hydrogen-bond donors (Lipinski definition) is 1. The van der Waals surface area contributed by atoms with Gasteiger partial charge in [-0.2, -0.15) is 9.97 Å². The number of piperazine rings is 1. The lowest BCUT2D eigenvalue weighted by molar-refractivity contribution is 0.0352. The second-order valence-corrected chi connectivity index (χ2v) is 14.8. The van der Waals surface area contributed by atoms with Gasteiger partial charge in [0.05, 0.1) is 19.3 Å². The molecule has 2 saturated carbocycles. The van der Waals surface area contributed by atoms with E-state index in [0.717, 1.165) is 56.4 Å². The number of aromatic nitrogens is 3. The number of allylic oxidation sites excluding steroid dienone is 1. The van der Waals surface area contributed by atoms with Gasteiger partial charge in [-0.15, -0.1) is 6.42 Å². The van der Waals surface area contributed by atoms with Gasteiger partial charge in [0.1, 0.15) is 34.0 Å². The van der Waals surface area contributed by atoms with E-state index in [1.54, 1.807) is 0 Å². The van der Waals surface area contributed by atoms with Crippen molar-refractivity contribution in [3.8, 4) is 41.2 Å². The van der Waals surface area contributed by atoms with E-state index in [0.29, 0.717) is 36.3 Å². The molecule has 2 aromatic carbocycles. The van der Waals surface area contributed by atoms with E-state index in [1.807, 2.05) is 34.6 Å². The summed E-state index contributed by atoms with van der Waals surface area (Å²) in [5.41, 5.74) is 0.930. The number of ether oxygens (including phenoxy) is 2. The number of rotatable bonds is 9. The lowest BCUT2D eigenvalue weighted by Crippen LogP contribution is -2.68. The Labute approximate surface area is 311 Å². The number of phenolic OH excluding ortho intramolecular Hbond substituents is 1. The summed E-state index contributed by atoms with van der Waals surface area (Å²) in [5.74, 6) is 3.15. The average Bonchev–Trinajstić information content (AvgIpc) is 4.07. The third-order valence-corrected chi connectivity index (χ3v) is 11.4. The largest absolute Gasteiger partial charge is 0.508 e. The number of methoxy groups -OCH3 is 1. The van der Waals surface area contributed by atoms with Gasteiger partial charge in [0.25, 0.3) is 0 Å². The molecule has 6 heterocycles. The number of likely N-dealkylation sites (tertiary alicyclic amines) is 1. The Kier molecular flexibility index (Phi) is 9.87. The molecule has 0 radical (unpaired) electrons. The number of benzene rings is 2. The zero-order valence-electron chi connectivity index (χ0n) is 31.7. The number of nitrogens with zero attached hydrogens (tertiary/aromatic N) is 6. The highest BCUT2D eigenvalue weighted by Gasteiger charge is 2.51. The fourth-order valence-corrected chi connectivity index (χ4v) is 8.72. The first-order valence-electron chi connectivity index (χ1n) is 19.1. The summed E-state index contributed by atoms with van der Waals surface area (Å²) < 4.78 is 44.3. The van der Waals surface area contributed by atoms with Gasteiger partial charge in [0.15, 0.2) is 5.82 Å². The number of hydrogen-bond acceptors (Lipinski definition) is 9. The van der Waals surface area contributed by atoms with Crippen molar-refractivity contribution in [1.29, 1.82) is 0 Å². The molecule has 2 aliphatic carbocycles. The van der Waals surface area contributed by atoms with Crippen molar-refractivity contribution in [2.75, 3.05) is 51.3 Å². The van der Waals surface area contributed by atoms with Crippen molar-refractivity contribution >= 4 is 27.5 Å². The molecule has 4 aliphatic heterocycles. The van der Waals surface area contributed by atoms with Crippen molar-refractivity contribution < 1.29 is 23.4 Å². The van der Waals surface area contributed by atoms with Crippen molar-refractivity contribution in [3.63, 3.8) is 0 Å². The Balaban J connectivity index is 0.00000105. The summed E-state index contributed by atoms with van der Waals surface area (Å²) >= 11 is 0. The molecule has 6 aliphatic rings.